The summed E-state index contributed by atoms with van der Waals surface area (Å²) in [6.07, 6.45) is 44.7. The van der Waals surface area contributed by atoms with Gasteiger partial charge < -0.3 is 14.0 Å². The largest absolute Gasteiger partial charge is 0.490 e. The van der Waals surface area contributed by atoms with Crippen LogP contribution >= 0.6 is 0 Å². The quantitative estimate of drug-likeness (QED) is 0.0509. The molecule has 0 unspecified atom stereocenters. The van der Waals surface area contributed by atoms with Gasteiger partial charge in [-0.05, 0) is 31.0 Å². The number of ether oxygens (including phenoxy) is 2. The van der Waals surface area contributed by atoms with Gasteiger partial charge in [0, 0.05) is 5.56 Å². The van der Waals surface area contributed by atoms with E-state index < -0.39 is 0 Å². The van der Waals surface area contributed by atoms with Crippen molar-refractivity contribution in [2.45, 2.75) is 226 Å². The molecule has 0 bridgehead atoms. The molecule has 3 heteroatoms. The maximum atomic E-state index is 6.36. The molecule has 49 heavy (non-hydrogen) atoms. The number of quaternary nitrogens is 1. The van der Waals surface area contributed by atoms with Crippen LogP contribution in [0.4, 0.5) is 0 Å². The van der Waals surface area contributed by atoms with Gasteiger partial charge in [-0.25, -0.2) is 0 Å². The monoisotopic (exact) mass is 687 g/mol. The molecule has 0 aliphatic heterocycles. The zero-order valence-electron chi connectivity index (χ0n) is 34.2. The van der Waals surface area contributed by atoms with E-state index in [-0.39, 0.29) is 0 Å². The highest BCUT2D eigenvalue weighted by Gasteiger charge is 2.13. The van der Waals surface area contributed by atoms with Crippen molar-refractivity contribution >= 4 is 0 Å². The van der Waals surface area contributed by atoms with E-state index in [0.717, 1.165) is 48.6 Å². The Bertz CT molecular complexity index is 816. The van der Waals surface area contributed by atoms with Crippen LogP contribution < -0.4 is 9.47 Å². The average Bonchev–Trinajstić information content (AvgIpc) is 3.07. The molecule has 0 aliphatic rings. The van der Waals surface area contributed by atoms with Gasteiger partial charge >= 0.3 is 0 Å². The van der Waals surface area contributed by atoms with E-state index in [1.807, 2.05) is 0 Å². The fourth-order valence-electron chi connectivity index (χ4n) is 7.10. The molecule has 0 radical (unpaired) electrons. The molecule has 0 saturated carbocycles. The van der Waals surface area contributed by atoms with Gasteiger partial charge in [0.25, 0.3) is 0 Å². The zero-order valence-corrected chi connectivity index (χ0v) is 34.2. The third-order valence-electron chi connectivity index (χ3n) is 10.2. The van der Waals surface area contributed by atoms with Crippen LogP contribution in [-0.4, -0.2) is 38.8 Å². The minimum Gasteiger partial charge on any atom is -0.490 e. The second-order valence-corrected chi connectivity index (χ2v) is 16.5. The topological polar surface area (TPSA) is 18.5 Å². The first kappa shape index (κ1) is 45.8. The van der Waals surface area contributed by atoms with Crippen molar-refractivity contribution in [2.24, 2.45) is 0 Å². The van der Waals surface area contributed by atoms with Crippen LogP contribution in [0.15, 0.2) is 18.2 Å². The fourth-order valence-corrected chi connectivity index (χ4v) is 7.10. The Morgan fingerprint density at radius 2 is 0.653 bits per heavy atom. The fraction of sp³-hybridized carbons (Fsp3) is 0.870. The van der Waals surface area contributed by atoms with Gasteiger partial charge in [0.15, 0.2) is 11.5 Å². The molecular formula is C46H88NO2+. The Morgan fingerprint density at radius 3 is 0.959 bits per heavy atom. The normalized spacial score (nSPS) is 11.8. The Balaban J connectivity index is 2.12. The lowest BCUT2D eigenvalue weighted by atomic mass is 10.0. The first-order valence-corrected chi connectivity index (χ1v) is 22.1. The summed E-state index contributed by atoms with van der Waals surface area (Å²) in [5.41, 5.74) is 1.32. The summed E-state index contributed by atoms with van der Waals surface area (Å²) < 4.78 is 13.6. The molecule has 0 saturated heterocycles. The van der Waals surface area contributed by atoms with Crippen LogP contribution in [0.1, 0.15) is 225 Å². The third-order valence-corrected chi connectivity index (χ3v) is 10.2. The molecule has 288 valence electrons. The lowest BCUT2D eigenvalue weighted by Gasteiger charge is -2.24. The van der Waals surface area contributed by atoms with Crippen molar-refractivity contribution in [2.75, 3.05) is 34.4 Å². The lowest BCUT2D eigenvalue weighted by molar-refractivity contribution is -0.884. The predicted octanol–water partition coefficient (Wildman–Crippen LogP) is 15.2. The highest BCUT2D eigenvalue weighted by Crippen LogP contribution is 2.30. The number of unbranched alkanes of at least 4 members (excludes halogenated alkanes) is 30. The number of hydrogen-bond donors (Lipinski definition) is 0. The Kier molecular flexibility index (Phi) is 31.7. The van der Waals surface area contributed by atoms with E-state index in [4.69, 9.17) is 9.47 Å². The maximum Gasteiger partial charge on any atom is 0.161 e. The Hall–Kier alpha value is -1.22. The Morgan fingerprint density at radius 1 is 0.367 bits per heavy atom. The van der Waals surface area contributed by atoms with Crippen molar-refractivity contribution in [3.05, 3.63) is 23.8 Å². The first-order chi connectivity index (χ1) is 24.0. The van der Waals surface area contributed by atoms with Gasteiger partial charge in [-0.3, -0.25) is 0 Å². The van der Waals surface area contributed by atoms with Gasteiger partial charge in [0.2, 0.25) is 0 Å². The summed E-state index contributed by atoms with van der Waals surface area (Å²) in [4.78, 5) is 0. The minimum atomic E-state index is 0.793. The Labute approximate surface area is 308 Å². The number of rotatable bonds is 38. The minimum absolute atomic E-state index is 0.793. The SMILES string of the molecule is CCCCCCCCCCCCCCCCCCOc1ccc(C[N+](C)(C)C)cc1OCCCCCCCCCCCCCCCCCC. The van der Waals surface area contributed by atoms with Gasteiger partial charge in [0.05, 0.1) is 34.4 Å². The van der Waals surface area contributed by atoms with E-state index in [0.29, 0.717) is 0 Å². The molecule has 0 fully saturated rings. The second kappa shape index (κ2) is 33.9. The summed E-state index contributed by atoms with van der Waals surface area (Å²) in [6, 6.07) is 6.62. The van der Waals surface area contributed by atoms with E-state index in [2.05, 4.69) is 53.2 Å². The lowest BCUT2D eigenvalue weighted by Crippen LogP contribution is -2.33. The van der Waals surface area contributed by atoms with Gasteiger partial charge in [0.1, 0.15) is 6.54 Å². The predicted molar refractivity (Wildman–Crippen MR) is 218 cm³/mol. The smallest absolute Gasteiger partial charge is 0.161 e. The van der Waals surface area contributed by atoms with Gasteiger partial charge in [-0.15, -0.1) is 0 Å². The molecule has 0 amide bonds. The van der Waals surface area contributed by atoms with Crippen LogP contribution in [0.3, 0.4) is 0 Å². The molecule has 0 aliphatic carbocycles. The van der Waals surface area contributed by atoms with Crippen molar-refractivity contribution < 1.29 is 14.0 Å². The van der Waals surface area contributed by atoms with Crippen LogP contribution in [0, 0.1) is 0 Å². The first-order valence-electron chi connectivity index (χ1n) is 22.1. The van der Waals surface area contributed by atoms with E-state index in [9.17, 15) is 0 Å². The second-order valence-electron chi connectivity index (χ2n) is 16.5. The number of hydrogen-bond acceptors (Lipinski definition) is 2. The van der Waals surface area contributed by atoms with E-state index >= 15 is 0 Å². The molecule has 0 atom stereocenters. The van der Waals surface area contributed by atoms with Gasteiger partial charge in [-0.2, -0.15) is 0 Å². The van der Waals surface area contributed by atoms with Crippen LogP contribution in [0.25, 0.3) is 0 Å². The van der Waals surface area contributed by atoms with Crippen LogP contribution in [-0.2, 0) is 6.54 Å². The molecule has 1 aromatic carbocycles. The van der Waals surface area contributed by atoms with E-state index in [1.165, 1.54) is 198 Å². The molecular weight excluding hydrogens is 599 g/mol. The molecule has 0 aromatic heterocycles. The van der Waals surface area contributed by atoms with Gasteiger partial charge in [-0.1, -0.05) is 206 Å². The molecule has 1 rings (SSSR count). The van der Waals surface area contributed by atoms with E-state index in [1.54, 1.807) is 0 Å². The zero-order chi connectivity index (χ0) is 35.5. The van der Waals surface area contributed by atoms with Crippen molar-refractivity contribution in [3.8, 4) is 11.5 Å². The summed E-state index contributed by atoms with van der Waals surface area (Å²) in [5, 5.41) is 0. The number of benzene rings is 1. The summed E-state index contributed by atoms with van der Waals surface area (Å²) in [5.74, 6) is 1.88. The summed E-state index contributed by atoms with van der Waals surface area (Å²) in [6.45, 7) is 7.19. The van der Waals surface area contributed by atoms with Crippen molar-refractivity contribution in [1.29, 1.82) is 0 Å². The molecule has 1 aromatic rings. The standard InChI is InChI=1S/C46H88NO2/c1-6-8-10-12-14-16-18-20-22-24-26-28-30-32-34-36-40-48-45-39-38-44(43-47(3,4)5)42-46(45)49-41-37-35-33-31-29-27-25-23-21-19-17-15-13-11-9-7-2/h38-39,42H,6-37,40-41,43H2,1-5H3/q+1. The summed E-state index contributed by atoms with van der Waals surface area (Å²) >= 11 is 0. The molecule has 0 heterocycles. The molecule has 0 spiro atoms. The molecule has 0 N–H and O–H groups in total. The number of nitrogens with zero attached hydrogens (tertiary/aromatic N) is 1. The van der Waals surface area contributed by atoms with Crippen LogP contribution in [0.2, 0.25) is 0 Å². The maximum absolute atomic E-state index is 6.36. The third kappa shape index (κ3) is 31.3. The van der Waals surface area contributed by atoms with Crippen molar-refractivity contribution in [3.63, 3.8) is 0 Å². The van der Waals surface area contributed by atoms with Crippen molar-refractivity contribution in [1.82, 2.24) is 0 Å². The van der Waals surface area contributed by atoms with Crippen LogP contribution in [0.5, 0.6) is 11.5 Å². The highest BCUT2D eigenvalue weighted by atomic mass is 16.5. The average molecular weight is 687 g/mol. The highest BCUT2D eigenvalue weighted by molar-refractivity contribution is 5.42. The molecule has 3 nitrogen and oxygen atoms in total. The summed E-state index contributed by atoms with van der Waals surface area (Å²) in [7, 11) is 6.75.